The molecule has 1 aromatic carbocycles. The second kappa shape index (κ2) is 5.03. The molecular weight excluding hydrogens is 329 g/mol. The Morgan fingerprint density at radius 2 is 2.15 bits per heavy atom. The quantitative estimate of drug-likeness (QED) is 0.883. The van der Waals surface area contributed by atoms with Gasteiger partial charge in [-0.15, -0.1) is 0 Å². The number of aliphatic hydroxyl groups is 1. The molecule has 2 N–H and O–H groups in total. The summed E-state index contributed by atoms with van der Waals surface area (Å²) in [4.78, 5) is 11.3. The molecule has 20 heavy (non-hydrogen) atoms. The smallest absolute Gasteiger partial charge is 0.224 e. The summed E-state index contributed by atoms with van der Waals surface area (Å²) in [5, 5.41) is 12.9. The minimum Gasteiger partial charge on any atom is -0.457 e. The molecule has 2 aromatic rings. The number of rotatable bonds is 2. The molecule has 1 unspecified atom stereocenters. The molecule has 1 amide bonds. The van der Waals surface area contributed by atoms with Crippen LogP contribution in [0.2, 0.25) is 0 Å². The molecule has 1 aromatic heterocycles. The number of carbonyl (C=O) groups excluding carboxylic acids is 1. The van der Waals surface area contributed by atoms with Crippen molar-refractivity contribution in [1.82, 2.24) is 0 Å². The summed E-state index contributed by atoms with van der Waals surface area (Å²) in [6.07, 6.45) is 1.20. The number of amides is 1. The molecule has 0 fully saturated rings. The lowest BCUT2D eigenvalue weighted by molar-refractivity contribution is -0.116. The third kappa shape index (κ3) is 2.25. The van der Waals surface area contributed by atoms with E-state index in [4.69, 9.17) is 4.42 Å². The minimum absolute atomic E-state index is 0.122. The van der Waals surface area contributed by atoms with E-state index in [-0.39, 0.29) is 11.5 Å². The number of aliphatic hydroxyl groups excluding tert-OH is 1. The van der Waals surface area contributed by atoms with Crippen LogP contribution in [0.15, 0.2) is 33.5 Å². The minimum atomic E-state index is -1.12. The van der Waals surface area contributed by atoms with E-state index in [1.54, 1.807) is 12.1 Å². The highest BCUT2D eigenvalue weighted by atomic mass is 79.9. The maximum atomic E-state index is 14.1. The van der Waals surface area contributed by atoms with Gasteiger partial charge in [0.1, 0.15) is 11.9 Å². The molecule has 0 aliphatic carbocycles. The zero-order valence-electron chi connectivity index (χ0n) is 10.3. The zero-order chi connectivity index (χ0) is 14.3. The lowest BCUT2D eigenvalue weighted by atomic mass is 9.96. The van der Waals surface area contributed by atoms with Crippen molar-refractivity contribution < 1.29 is 18.7 Å². The monoisotopic (exact) mass is 339 g/mol. The molecule has 0 radical (unpaired) electrons. The van der Waals surface area contributed by atoms with Crippen LogP contribution in [0, 0.1) is 5.82 Å². The maximum absolute atomic E-state index is 14.1. The zero-order valence-corrected chi connectivity index (χ0v) is 11.9. The molecule has 4 nitrogen and oxygen atoms in total. The molecule has 6 heteroatoms. The fourth-order valence-corrected chi connectivity index (χ4v) is 2.75. The van der Waals surface area contributed by atoms with Crippen LogP contribution in [0.4, 0.5) is 10.1 Å². The first-order valence-electron chi connectivity index (χ1n) is 6.09. The van der Waals surface area contributed by atoms with E-state index >= 15 is 0 Å². The average molecular weight is 340 g/mol. The van der Waals surface area contributed by atoms with Crippen LogP contribution in [0.25, 0.3) is 0 Å². The van der Waals surface area contributed by atoms with Gasteiger partial charge < -0.3 is 14.8 Å². The maximum Gasteiger partial charge on any atom is 0.224 e. The number of furan rings is 1. The Morgan fingerprint density at radius 3 is 2.85 bits per heavy atom. The first-order valence-corrected chi connectivity index (χ1v) is 6.88. The number of fused-ring (bicyclic) bond motifs is 1. The van der Waals surface area contributed by atoms with Gasteiger partial charge >= 0.3 is 0 Å². The molecule has 1 atom stereocenters. The number of hydrogen-bond acceptors (Lipinski definition) is 3. The second-order valence-electron chi connectivity index (χ2n) is 4.63. The van der Waals surface area contributed by atoms with Crippen LogP contribution < -0.4 is 5.32 Å². The number of halogens is 2. The van der Waals surface area contributed by atoms with Gasteiger partial charge in [0.2, 0.25) is 5.91 Å². The van der Waals surface area contributed by atoms with Crippen molar-refractivity contribution in [1.29, 1.82) is 0 Å². The fraction of sp³-hybridized carbons (Fsp3) is 0.214. The molecule has 0 saturated carbocycles. The third-order valence-electron chi connectivity index (χ3n) is 3.35. The van der Waals surface area contributed by atoms with Crippen LogP contribution in [0.1, 0.15) is 29.2 Å². The van der Waals surface area contributed by atoms with Crippen LogP contribution >= 0.6 is 15.9 Å². The number of aryl methyl sites for hydroxylation is 1. The van der Waals surface area contributed by atoms with Crippen molar-refractivity contribution in [2.75, 3.05) is 5.32 Å². The van der Waals surface area contributed by atoms with Gasteiger partial charge in [0, 0.05) is 23.2 Å². The molecule has 0 spiro atoms. The Labute approximate surface area is 122 Å². The molecule has 1 aliphatic heterocycles. The van der Waals surface area contributed by atoms with Crippen LogP contribution in [-0.4, -0.2) is 11.0 Å². The Hall–Kier alpha value is -1.66. The SMILES string of the molecule is O=C1CCc2cc(C(O)c3ccoc3Br)c(F)cc2N1. The standard InChI is InChI=1S/C14H11BrFNO3/c15-14-8(3-4-20-14)13(19)9-5-7-1-2-12(18)17-11(7)6-10(9)16/h3-6,13,19H,1-2H2,(H,17,18). The van der Waals surface area contributed by atoms with Crippen molar-refractivity contribution in [3.63, 3.8) is 0 Å². The molecule has 1 aliphatic rings. The summed E-state index contributed by atoms with van der Waals surface area (Å²) < 4.78 is 19.5. The highest BCUT2D eigenvalue weighted by Crippen LogP contribution is 2.34. The third-order valence-corrected chi connectivity index (χ3v) is 4.00. The van der Waals surface area contributed by atoms with Crippen LogP contribution in [0.3, 0.4) is 0 Å². The van der Waals surface area contributed by atoms with E-state index in [2.05, 4.69) is 21.2 Å². The number of hydrogen-bond donors (Lipinski definition) is 2. The predicted octanol–water partition coefficient (Wildman–Crippen LogP) is 3.15. The molecular formula is C14H11BrFNO3. The van der Waals surface area contributed by atoms with E-state index < -0.39 is 11.9 Å². The normalized spacial score (nSPS) is 15.7. The summed E-state index contributed by atoms with van der Waals surface area (Å²) in [5.41, 5.74) is 1.92. The van der Waals surface area contributed by atoms with Gasteiger partial charge in [-0.2, -0.15) is 0 Å². The van der Waals surface area contributed by atoms with Crippen molar-refractivity contribution in [3.8, 4) is 0 Å². The van der Waals surface area contributed by atoms with Gasteiger partial charge in [-0.1, -0.05) is 0 Å². The van der Waals surface area contributed by atoms with Gasteiger partial charge in [0.05, 0.1) is 6.26 Å². The van der Waals surface area contributed by atoms with Gasteiger partial charge in [0.15, 0.2) is 4.67 Å². The molecule has 3 rings (SSSR count). The highest BCUT2D eigenvalue weighted by Gasteiger charge is 2.23. The van der Waals surface area contributed by atoms with Crippen molar-refractivity contribution >= 4 is 27.5 Å². The Bertz CT molecular complexity index is 683. The predicted molar refractivity (Wildman–Crippen MR) is 73.8 cm³/mol. The number of benzene rings is 1. The summed E-state index contributed by atoms with van der Waals surface area (Å²) in [6, 6.07) is 4.42. The Balaban J connectivity index is 2.02. The number of anilines is 1. The van der Waals surface area contributed by atoms with E-state index in [1.807, 2.05) is 0 Å². The fourth-order valence-electron chi connectivity index (χ4n) is 2.30. The lowest BCUT2D eigenvalue weighted by Crippen LogP contribution is -2.20. The van der Waals surface area contributed by atoms with E-state index in [0.29, 0.717) is 28.8 Å². The Kier molecular flexibility index (Phi) is 3.35. The van der Waals surface area contributed by atoms with Crippen LogP contribution in [-0.2, 0) is 11.2 Å². The number of carbonyl (C=O) groups is 1. The summed E-state index contributed by atoms with van der Waals surface area (Å²) in [6.45, 7) is 0. The molecule has 0 saturated heterocycles. The second-order valence-corrected chi connectivity index (χ2v) is 5.35. The van der Waals surface area contributed by atoms with Gasteiger partial charge in [0.25, 0.3) is 0 Å². The summed E-state index contributed by atoms with van der Waals surface area (Å²) in [7, 11) is 0. The molecule has 104 valence electrons. The largest absolute Gasteiger partial charge is 0.457 e. The van der Waals surface area contributed by atoms with Crippen molar-refractivity contribution in [3.05, 3.63) is 51.6 Å². The van der Waals surface area contributed by atoms with Gasteiger partial charge in [-0.05, 0) is 46.1 Å². The average Bonchev–Trinajstić information content (AvgIpc) is 2.83. The van der Waals surface area contributed by atoms with Gasteiger partial charge in [-0.25, -0.2) is 4.39 Å². The van der Waals surface area contributed by atoms with E-state index in [0.717, 1.165) is 5.56 Å². The van der Waals surface area contributed by atoms with E-state index in [1.165, 1.54) is 12.3 Å². The number of nitrogens with one attached hydrogen (secondary N) is 1. The first-order chi connectivity index (χ1) is 9.56. The van der Waals surface area contributed by atoms with Crippen molar-refractivity contribution in [2.24, 2.45) is 0 Å². The summed E-state index contributed by atoms with van der Waals surface area (Å²) >= 11 is 3.17. The Morgan fingerprint density at radius 1 is 1.35 bits per heavy atom. The van der Waals surface area contributed by atoms with E-state index in [9.17, 15) is 14.3 Å². The lowest BCUT2D eigenvalue weighted by Gasteiger charge is -2.20. The topological polar surface area (TPSA) is 62.5 Å². The first kappa shape index (κ1) is 13.3. The van der Waals surface area contributed by atoms with Crippen molar-refractivity contribution in [2.45, 2.75) is 18.9 Å². The molecule has 2 heterocycles. The van der Waals surface area contributed by atoms with Crippen LogP contribution in [0.5, 0.6) is 0 Å². The highest BCUT2D eigenvalue weighted by molar-refractivity contribution is 9.10. The molecule has 0 bridgehead atoms. The summed E-state index contributed by atoms with van der Waals surface area (Å²) in [5.74, 6) is -0.686. The van der Waals surface area contributed by atoms with Gasteiger partial charge in [-0.3, -0.25) is 4.79 Å².